The van der Waals surface area contributed by atoms with Gasteiger partial charge in [0.1, 0.15) is 5.75 Å². The molecule has 0 radical (unpaired) electrons. The van der Waals surface area contributed by atoms with Gasteiger partial charge >= 0.3 is 0 Å². The van der Waals surface area contributed by atoms with Crippen LogP contribution in [0.25, 0.3) is 11.1 Å². The third-order valence-electron chi connectivity index (χ3n) is 3.86. The molecule has 1 N–H and O–H groups in total. The molecule has 0 saturated heterocycles. The molecule has 3 rings (SSSR count). The Morgan fingerprint density at radius 1 is 0.920 bits per heavy atom. The zero-order valence-corrected chi connectivity index (χ0v) is 13.7. The molecular formula is C21H16N2O2. The van der Waals surface area contributed by atoms with E-state index in [1.807, 2.05) is 30.3 Å². The van der Waals surface area contributed by atoms with Crippen LogP contribution in [-0.4, -0.2) is 13.0 Å². The Hall–Kier alpha value is -3.58. The molecule has 4 heteroatoms. The van der Waals surface area contributed by atoms with Gasteiger partial charge < -0.3 is 10.1 Å². The zero-order valence-electron chi connectivity index (χ0n) is 13.7. The minimum Gasteiger partial charge on any atom is -0.497 e. The Balaban J connectivity index is 1.95. The van der Waals surface area contributed by atoms with Crippen LogP contribution >= 0.6 is 0 Å². The van der Waals surface area contributed by atoms with Crippen molar-refractivity contribution in [3.8, 4) is 22.9 Å². The Bertz CT molecular complexity index is 941. The third-order valence-corrected chi connectivity index (χ3v) is 3.86. The van der Waals surface area contributed by atoms with Crippen LogP contribution in [0.15, 0.2) is 72.8 Å². The van der Waals surface area contributed by atoms with Crippen LogP contribution in [0.5, 0.6) is 5.75 Å². The lowest BCUT2D eigenvalue weighted by atomic mass is 9.95. The Morgan fingerprint density at radius 2 is 1.56 bits per heavy atom. The maximum Gasteiger partial charge on any atom is 0.256 e. The van der Waals surface area contributed by atoms with Crippen molar-refractivity contribution in [3.63, 3.8) is 0 Å². The molecule has 0 aliphatic carbocycles. The van der Waals surface area contributed by atoms with Gasteiger partial charge in [0.25, 0.3) is 5.91 Å². The van der Waals surface area contributed by atoms with Crippen LogP contribution in [0.4, 0.5) is 5.69 Å². The highest BCUT2D eigenvalue weighted by molar-refractivity contribution is 6.09. The summed E-state index contributed by atoms with van der Waals surface area (Å²) in [6.07, 6.45) is 0. The quantitative estimate of drug-likeness (QED) is 0.768. The average Bonchev–Trinajstić information content (AvgIpc) is 2.68. The predicted molar refractivity (Wildman–Crippen MR) is 97.5 cm³/mol. The van der Waals surface area contributed by atoms with Crippen LogP contribution in [0.1, 0.15) is 15.9 Å². The van der Waals surface area contributed by atoms with E-state index >= 15 is 0 Å². The minimum atomic E-state index is -0.228. The summed E-state index contributed by atoms with van der Waals surface area (Å²) >= 11 is 0. The summed E-state index contributed by atoms with van der Waals surface area (Å²) in [6, 6.07) is 23.8. The molecule has 0 saturated carbocycles. The number of carbonyl (C=O) groups is 1. The number of ether oxygens (including phenoxy) is 1. The van der Waals surface area contributed by atoms with Gasteiger partial charge in [-0.15, -0.1) is 0 Å². The summed E-state index contributed by atoms with van der Waals surface area (Å²) in [5.74, 6) is 0.495. The van der Waals surface area contributed by atoms with Gasteiger partial charge in [-0.3, -0.25) is 4.79 Å². The van der Waals surface area contributed by atoms with Gasteiger partial charge in [0.2, 0.25) is 0 Å². The molecule has 1 amide bonds. The van der Waals surface area contributed by atoms with Gasteiger partial charge in [0.15, 0.2) is 0 Å². The number of rotatable bonds is 4. The summed E-state index contributed by atoms with van der Waals surface area (Å²) in [6.45, 7) is 0. The highest BCUT2D eigenvalue weighted by atomic mass is 16.5. The number of amides is 1. The number of carbonyl (C=O) groups excluding carboxylic acids is 1. The fourth-order valence-corrected chi connectivity index (χ4v) is 2.60. The number of hydrogen-bond acceptors (Lipinski definition) is 3. The number of hydrogen-bond donors (Lipinski definition) is 1. The molecule has 0 spiro atoms. The summed E-state index contributed by atoms with van der Waals surface area (Å²) in [5.41, 5.74) is 3.19. The molecule has 0 aromatic heterocycles. The summed E-state index contributed by atoms with van der Waals surface area (Å²) < 4.78 is 5.12. The van der Waals surface area contributed by atoms with E-state index in [4.69, 9.17) is 4.74 Å². The van der Waals surface area contributed by atoms with E-state index in [1.165, 1.54) is 0 Å². The maximum absolute atomic E-state index is 12.7. The van der Waals surface area contributed by atoms with E-state index in [9.17, 15) is 10.1 Å². The first-order valence-corrected chi connectivity index (χ1v) is 7.77. The monoisotopic (exact) mass is 328 g/mol. The fraction of sp³-hybridized carbons (Fsp3) is 0.0476. The molecule has 0 unspecified atom stereocenters. The zero-order chi connectivity index (χ0) is 17.6. The fourth-order valence-electron chi connectivity index (χ4n) is 2.60. The van der Waals surface area contributed by atoms with Crippen molar-refractivity contribution >= 4 is 11.6 Å². The molecule has 3 aromatic carbocycles. The topological polar surface area (TPSA) is 62.1 Å². The second-order valence-corrected chi connectivity index (χ2v) is 5.39. The number of nitriles is 1. The molecule has 3 aromatic rings. The van der Waals surface area contributed by atoms with E-state index in [0.29, 0.717) is 16.8 Å². The average molecular weight is 328 g/mol. The van der Waals surface area contributed by atoms with Gasteiger partial charge in [-0.2, -0.15) is 5.26 Å². The van der Waals surface area contributed by atoms with Crippen molar-refractivity contribution in [2.75, 3.05) is 12.4 Å². The smallest absolute Gasteiger partial charge is 0.256 e. The van der Waals surface area contributed by atoms with Crippen LogP contribution in [0, 0.1) is 11.3 Å². The summed E-state index contributed by atoms with van der Waals surface area (Å²) in [5, 5.41) is 12.2. The van der Waals surface area contributed by atoms with Crippen molar-refractivity contribution in [1.29, 1.82) is 5.26 Å². The Kier molecular flexibility index (Phi) is 4.77. The van der Waals surface area contributed by atoms with Gasteiger partial charge in [0.05, 0.1) is 18.7 Å². The lowest BCUT2D eigenvalue weighted by molar-refractivity contribution is 0.102. The molecule has 0 aliphatic rings. The van der Waals surface area contributed by atoms with E-state index in [-0.39, 0.29) is 5.91 Å². The first kappa shape index (κ1) is 16.3. The van der Waals surface area contributed by atoms with Crippen LogP contribution in [0.2, 0.25) is 0 Å². The lowest BCUT2D eigenvalue weighted by Gasteiger charge is -2.12. The predicted octanol–water partition coefficient (Wildman–Crippen LogP) is 4.49. The van der Waals surface area contributed by atoms with Crippen molar-refractivity contribution in [2.24, 2.45) is 0 Å². The highest BCUT2D eigenvalue weighted by Crippen LogP contribution is 2.27. The molecule has 0 aliphatic heterocycles. The largest absolute Gasteiger partial charge is 0.497 e. The molecule has 4 nitrogen and oxygen atoms in total. The number of methoxy groups -OCH3 is 1. The number of nitrogens with zero attached hydrogens (tertiary/aromatic N) is 1. The van der Waals surface area contributed by atoms with Crippen molar-refractivity contribution in [3.05, 3.63) is 83.9 Å². The number of benzene rings is 3. The highest BCUT2D eigenvalue weighted by Gasteiger charge is 2.14. The van der Waals surface area contributed by atoms with E-state index in [0.717, 1.165) is 16.9 Å². The maximum atomic E-state index is 12.7. The first-order valence-electron chi connectivity index (χ1n) is 7.77. The normalized spacial score (nSPS) is 9.92. The Morgan fingerprint density at radius 3 is 2.24 bits per heavy atom. The van der Waals surface area contributed by atoms with Gasteiger partial charge in [-0.1, -0.05) is 36.4 Å². The van der Waals surface area contributed by atoms with Crippen molar-refractivity contribution in [2.45, 2.75) is 0 Å². The van der Waals surface area contributed by atoms with Crippen LogP contribution < -0.4 is 10.1 Å². The van der Waals surface area contributed by atoms with Gasteiger partial charge in [0, 0.05) is 16.8 Å². The molecule has 122 valence electrons. The SMILES string of the molecule is COc1ccc(NC(=O)c2ccccc2-c2ccccc2C#N)cc1. The van der Waals surface area contributed by atoms with Gasteiger partial charge in [-0.05, 0) is 42.0 Å². The van der Waals surface area contributed by atoms with Crippen LogP contribution in [-0.2, 0) is 0 Å². The Labute approximate surface area is 146 Å². The lowest BCUT2D eigenvalue weighted by Crippen LogP contribution is -2.13. The molecule has 0 fully saturated rings. The minimum absolute atomic E-state index is 0.228. The summed E-state index contributed by atoms with van der Waals surface area (Å²) in [7, 11) is 1.59. The molecule has 0 bridgehead atoms. The second-order valence-electron chi connectivity index (χ2n) is 5.39. The molecular weight excluding hydrogens is 312 g/mol. The summed E-state index contributed by atoms with van der Waals surface area (Å²) in [4.78, 5) is 12.7. The standard InChI is InChI=1S/C21H16N2O2/c1-25-17-12-10-16(11-13-17)23-21(24)20-9-5-4-8-19(20)18-7-3-2-6-15(18)14-22/h2-13H,1H3,(H,23,24). The molecule has 0 heterocycles. The second kappa shape index (κ2) is 7.33. The first-order chi connectivity index (χ1) is 12.2. The van der Waals surface area contributed by atoms with Crippen molar-refractivity contribution < 1.29 is 9.53 Å². The van der Waals surface area contributed by atoms with E-state index in [1.54, 1.807) is 49.6 Å². The number of nitrogens with one attached hydrogen (secondary N) is 1. The van der Waals surface area contributed by atoms with E-state index in [2.05, 4.69) is 11.4 Å². The molecule has 0 atom stereocenters. The van der Waals surface area contributed by atoms with Crippen molar-refractivity contribution in [1.82, 2.24) is 0 Å². The molecule has 25 heavy (non-hydrogen) atoms. The third kappa shape index (κ3) is 3.51. The number of anilines is 1. The van der Waals surface area contributed by atoms with Gasteiger partial charge in [-0.25, -0.2) is 0 Å². The van der Waals surface area contributed by atoms with Crippen LogP contribution in [0.3, 0.4) is 0 Å². The van der Waals surface area contributed by atoms with E-state index < -0.39 is 0 Å².